The van der Waals surface area contributed by atoms with Gasteiger partial charge < -0.3 is 9.84 Å². The Balaban J connectivity index is 1.46. The zero-order valence-electron chi connectivity index (χ0n) is 19.3. The number of carbonyl (C=O) groups is 1. The Morgan fingerprint density at radius 2 is 1.85 bits per heavy atom. The molecule has 2 aromatic carbocycles. The summed E-state index contributed by atoms with van der Waals surface area (Å²) in [5.41, 5.74) is 1.25. The number of likely N-dealkylation sites (tertiary alicyclic amines) is 1. The van der Waals surface area contributed by atoms with Gasteiger partial charge in [-0.2, -0.15) is 13.2 Å². The highest BCUT2D eigenvalue weighted by atomic mass is 35.5. The summed E-state index contributed by atoms with van der Waals surface area (Å²) in [7, 11) is 0. The van der Waals surface area contributed by atoms with Crippen LogP contribution in [0.2, 0.25) is 5.02 Å². The van der Waals surface area contributed by atoms with E-state index >= 15 is 0 Å². The molecule has 1 N–H and O–H groups in total. The first kappa shape index (κ1) is 24.9. The molecular weight excluding hydrogens is 467 g/mol. The highest BCUT2D eigenvalue weighted by Gasteiger charge is 2.42. The number of alkyl halides is 3. The molecular formula is C26H29ClF3NO3. The molecule has 2 heterocycles. The zero-order valence-corrected chi connectivity index (χ0v) is 20.0. The second-order valence-corrected chi connectivity index (χ2v) is 10.0. The summed E-state index contributed by atoms with van der Waals surface area (Å²) in [6, 6.07) is 9.27. The number of carboxylic acids is 1. The summed E-state index contributed by atoms with van der Waals surface area (Å²) in [4.78, 5) is 13.3. The Hall–Kier alpha value is -2.25. The third kappa shape index (κ3) is 5.20. The van der Waals surface area contributed by atoms with E-state index in [1.165, 1.54) is 12.1 Å². The summed E-state index contributed by atoms with van der Waals surface area (Å²) < 4.78 is 47.2. The second-order valence-electron chi connectivity index (χ2n) is 9.61. The average Bonchev–Trinajstić information content (AvgIpc) is 2.78. The number of halogens is 4. The van der Waals surface area contributed by atoms with Gasteiger partial charge in [0.05, 0.1) is 11.5 Å². The van der Waals surface area contributed by atoms with E-state index in [-0.39, 0.29) is 11.2 Å². The van der Waals surface area contributed by atoms with Crippen molar-refractivity contribution in [1.29, 1.82) is 0 Å². The fourth-order valence-corrected chi connectivity index (χ4v) is 5.30. The lowest BCUT2D eigenvalue weighted by molar-refractivity contribution is -0.141. The molecule has 2 aromatic rings. The van der Waals surface area contributed by atoms with E-state index < -0.39 is 29.7 Å². The van der Waals surface area contributed by atoms with Crippen molar-refractivity contribution >= 4 is 17.6 Å². The molecule has 4 nitrogen and oxygen atoms in total. The van der Waals surface area contributed by atoms with Gasteiger partial charge in [-0.15, -0.1) is 0 Å². The summed E-state index contributed by atoms with van der Waals surface area (Å²) in [5, 5.41) is 9.50. The van der Waals surface area contributed by atoms with E-state index in [4.69, 9.17) is 16.3 Å². The molecule has 1 spiro atoms. The van der Waals surface area contributed by atoms with Crippen LogP contribution < -0.4 is 4.74 Å². The van der Waals surface area contributed by atoms with Crippen molar-refractivity contribution in [2.45, 2.75) is 63.8 Å². The van der Waals surface area contributed by atoms with Crippen molar-refractivity contribution in [3.8, 4) is 5.75 Å². The van der Waals surface area contributed by atoms with Gasteiger partial charge in [0.25, 0.3) is 0 Å². The van der Waals surface area contributed by atoms with Gasteiger partial charge in [0, 0.05) is 24.2 Å². The number of nitrogens with zero attached hydrogens (tertiary/aromatic N) is 1. The molecule has 2 unspecified atom stereocenters. The van der Waals surface area contributed by atoms with Crippen LogP contribution in [0.1, 0.15) is 61.4 Å². The lowest BCUT2D eigenvalue weighted by Gasteiger charge is -2.46. The molecule has 0 aliphatic carbocycles. The molecule has 8 heteroatoms. The summed E-state index contributed by atoms with van der Waals surface area (Å²) >= 11 is 6.04. The van der Waals surface area contributed by atoms with E-state index in [2.05, 4.69) is 4.90 Å². The first-order chi connectivity index (χ1) is 16.0. The molecule has 0 saturated carbocycles. The number of rotatable bonds is 5. The zero-order chi connectivity index (χ0) is 24.7. The first-order valence-electron chi connectivity index (χ1n) is 11.6. The number of aryl methyl sites for hydroxylation is 1. The van der Waals surface area contributed by atoms with Crippen LogP contribution >= 0.6 is 11.6 Å². The molecule has 2 atom stereocenters. The predicted octanol–water partition coefficient (Wildman–Crippen LogP) is 6.54. The van der Waals surface area contributed by atoms with Crippen LogP contribution in [-0.4, -0.2) is 34.7 Å². The third-order valence-corrected chi connectivity index (χ3v) is 7.53. The molecule has 2 aliphatic rings. The van der Waals surface area contributed by atoms with Crippen LogP contribution in [-0.2, 0) is 23.8 Å². The Morgan fingerprint density at radius 1 is 1.15 bits per heavy atom. The van der Waals surface area contributed by atoms with Crippen molar-refractivity contribution in [2.75, 3.05) is 13.1 Å². The van der Waals surface area contributed by atoms with Crippen LogP contribution in [0.25, 0.3) is 0 Å². The molecule has 0 aromatic heterocycles. The van der Waals surface area contributed by atoms with Crippen molar-refractivity contribution in [1.82, 2.24) is 4.90 Å². The third-order valence-electron chi connectivity index (χ3n) is 7.30. The standard InChI is InChI=1S/C26H29ClF3NO3/c1-16(24(32)33)13-18-3-4-19-7-8-25(34-23(19)14-18)9-11-31(12-10-25)17(2)21-15-20(27)5-6-22(21)26(28,29)30/h3-6,14-17H,7-13H2,1-2H3,(H,32,33). The fourth-order valence-electron chi connectivity index (χ4n) is 5.12. The minimum atomic E-state index is -4.43. The molecule has 1 saturated heterocycles. The van der Waals surface area contributed by atoms with Crippen LogP contribution in [0.15, 0.2) is 36.4 Å². The largest absolute Gasteiger partial charge is 0.487 e. The van der Waals surface area contributed by atoms with Crippen LogP contribution in [0.4, 0.5) is 13.2 Å². The minimum Gasteiger partial charge on any atom is -0.487 e. The average molecular weight is 496 g/mol. The van der Waals surface area contributed by atoms with Gasteiger partial charge in [0.1, 0.15) is 11.4 Å². The van der Waals surface area contributed by atoms with Crippen molar-refractivity contribution < 1.29 is 27.8 Å². The number of hydrogen-bond donors (Lipinski definition) is 1. The Kier molecular flexibility index (Phi) is 6.89. The Bertz CT molecular complexity index is 1060. The minimum absolute atomic E-state index is 0.197. The smallest absolute Gasteiger partial charge is 0.416 e. The quantitative estimate of drug-likeness (QED) is 0.511. The van der Waals surface area contributed by atoms with Gasteiger partial charge in [0.15, 0.2) is 0 Å². The van der Waals surface area contributed by atoms with Gasteiger partial charge >= 0.3 is 12.1 Å². The molecule has 0 radical (unpaired) electrons. The lowest BCUT2D eigenvalue weighted by atomic mass is 9.82. The number of carboxylic acid groups (broad SMARTS) is 1. The van der Waals surface area contributed by atoms with E-state index in [1.807, 2.05) is 18.2 Å². The van der Waals surface area contributed by atoms with Gasteiger partial charge in [-0.05, 0) is 80.0 Å². The molecule has 0 bridgehead atoms. The van der Waals surface area contributed by atoms with Crippen LogP contribution in [0.5, 0.6) is 5.75 Å². The maximum Gasteiger partial charge on any atom is 0.416 e. The first-order valence-corrected chi connectivity index (χ1v) is 12.0. The fraction of sp³-hybridized carbons (Fsp3) is 0.500. The van der Waals surface area contributed by atoms with Crippen molar-refractivity contribution in [3.05, 3.63) is 63.7 Å². The number of aliphatic carboxylic acids is 1. The maximum absolute atomic E-state index is 13.6. The summed E-state index contributed by atoms with van der Waals surface area (Å²) in [6.07, 6.45) is -0.837. The van der Waals surface area contributed by atoms with E-state index in [0.717, 1.165) is 35.8 Å². The van der Waals surface area contributed by atoms with Gasteiger partial charge in [-0.25, -0.2) is 0 Å². The van der Waals surface area contributed by atoms with Crippen molar-refractivity contribution in [3.63, 3.8) is 0 Å². The van der Waals surface area contributed by atoms with Gasteiger partial charge in [-0.3, -0.25) is 9.69 Å². The van der Waals surface area contributed by atoms with E-state index in [9.17, 15) is 23.1 Å². The lowest BCUT2D eigenvalue weighted by Crippen LogP contribution is -2.50. The van der Waals surface area contributed by atoms with E-state index in [0.29, 0.717) is 37.4 Å². The number of hydrogen-bond acceptors (Lipinski definition) is 3. The molecule has 2 aliphatic heterocycles. The van der Waals surface area contributed by atoms with Crippen LogP contribution in [0.3, 0.4) is 0 Å². The number of fused-ring (bicyclic) bond motifs is 1. The highest BCUT2D eigenvalue weighted by molar-refractivity contribution is 6.30. The number of benzene rings is 2. The van der Waals surface area contributed by atoms with Crippen LogP contribution in [0, 0.1) is 5.92 Å². The monoisotopic (exact) mass is 495 g/mol. The molecule has 0 amide bonds. The molecule has 4 rings (SSSR count). The number of ether oxygens (including phenoxy) is 1. The summed E-state index contributed by atoms with van der Waals surface area (Å²) in [5.74, 6) is -0.504. The Labute approximate surface area is 202 Å². The predicted molar refractivity (Wildman–Crippen MR) is 124 cm³/mol. The second kappa shape index (κ2) is 9.42. The molecule has 184 valence electrons. The summed E-state index contributed by atoms with van der Waals surface area (Å²) in [6.45, 7) is 4.73. The SMILES string of the molecule is CC(Cc1ccc2c(c1)OC1(CC2)CCN(C(C)c2cc(Cl)ccc2C(F)(F)F)CC1)C(=O)O. The topological polar surface area (TPSA) is 49.8 Å². The highest BCUT2D eigenvalue weighted by Crippen LogP contribution is 2.43. The Morgan fingerprint density at radius 3 is 2.50 bits per heavy atom. The molecule has 1 fully saturated rings. The maximum atomic E-state index is 13.6. The van der Waals surface area contributed by atoms with Gasteiger partial charge in [0.2, 0.25) is 0 Å². The van der Waals surface area contributed by atoms with E-state index in [1.54, 1.807) is 13.8 Å². The normalized spacial score (nSPS) is 19.8. The van der Waals surface area contributed by atoms with Crippen molar-refractivity contribution in [2.24, 2.45) is 5.92 Å². The molecule has 34 heavy (non-hydrogen) atoms. The number of piperidine rings is 1. The van der Waals surface area contributed by atoms with Gasteiger partial charge in [-0.1, -0.05) is 30.7 Å².